The molecule has 2 aliphatic carbocycles. The van der Waals surface area contributed by atoms with Gasteiger partial charge in [-0.3, -0.25) is 0 Å². The van der Waals surface area contributed by atoms with Crippen LogP contribution in [0.2, 0.25) is 0 Å². The third-order valence-electron chi connectivity index (χ3n) is 5.38. The highest BCUT2D eigenvalue weighted by molar-refractivity contribution is 5.87. The molecule has 0 heterocycles. The van der Waals surface area contributed by atoms with Crippen molar-refractivity contribution in [1.82, 2.24) is 0 Å². The number of aliphatic hydroxyl groups is 1. The van der Waals surface area contributed by atoms with Crippen LogP contribution in [0.25, 0.3) is 0 Å². The normalized spacial score (nSPS) is 39.9. The van der Waals surface area contributed by atoms with Crippen LogP contribution in [0.5, 0.6) is 0 Å². The quantitative estimate of drug-likeness (QED) is 0.675. The maximum atomic E-state index is 11.2. The summed E-state index contributed by atoms with van der Waals surface area (Å²) in [6.07, 6.45) is 3.24. The highest BCUT2D eigenvalue weighted by Crippen LogP contribution is 2.55. The van der Waals surface area contributed by atoms with Gasteiger partial charge in [0, 0.05) is 5.57 Å². The Balaban J connectivity index is 2.33. The summed E-state index contributed by atoms with van der Waals surface area (Å²) in [5.41, 5.74) is -0.421. The van der Waals surface area contributed by atoms with Crippen LogP contribution in [0.4, 0.5) is 0 Å². The fourth-order valence-corrected chi connectivity index (χ4v) is 3.81. The van der Waals surface area contributed by atoms with Gasteiger partial charge >= 0.3 is 11.9 Å². The van der Waals surface area contributed by atoms with Gasteiger partial charge in [-0.2, -0.15) is 0 Å². The van der Waals surface area contributed by atoms with Gasteiger partial charge in [0.25, 0.3) is 0 Å². The van der Waals surface area contributed by atoms with Crippen LogP contribution in [0, 0.1) is 11.3 Å². The number of carbonyl (C=O) groups is 2. The SMILES string of the molecule is C/C(C(=O)O)=C1/CC[C@]2(C)CC[C@@](O)(C(=O)O)CC[C@@H]12. The molecule has 0 bridgehead atoms. The Morgan fingerprint density at radius 1 is 1.15 bits per heavy atom. The van der Waals surface area contributed by atoms with E-state index < -0.39 is 17.5 Å². The molecule has 0 aromatic heterocycles. The van der Waals surface area contributed by atoms with Crippen LogP contribution in [-0.4, -0.2) is 32.9 Å². The maximum Gasteiger partial charge on any atom is 0.335 e. The third-order valence-corrected chi connectivity index (χ3v) is 5.38. The van der Waals surface area contributed by atoms with E-state index in [9.17, 15) is 24.9 Å². The average molecular weight is 282 g/mol. The van der Waals surface area contributed by atoms with Crippen LogP contribution < -0.4 is 0 Å². The molecule has 0 unspecified atom stereocenters. The van der Waals surface area contributed by atoms with Crippen molar-refractivity contribution in [3.8, 4) is 0 Å². The Morgan fingerprint density at radius 2 is 1.80 bits per heavy atom. The number of carboxylic acid groups (broad SMARTS) is 2. The predicted molar refractivity (Wildman–Crippen MR) is 72.2 cm³/mol. The van der Waals surface area contributed by atoms with Crippen molar-refractivity contribution >= 4 is 11.9 Å². The number of hydrogen-bond donors (Lipinski definition) is 3. The number of hydrogen-bond acceptors (Lipinski definition) is 3. The lowest BCUT2D eigenvalue weighted by Gasteiger charge is -2.30. The minimum atomic E-state index is -1.66. The monoisotopic (exact) mass is 282 g/mol. The summed E-state index contributed by atoms with van der Waals surface area (Å²) in [6, 6.07) is 0. The molecule has 20 heavy (non-hydrogen) atoms. The van der Waals surface area contributed by atoms with Crippen LogP contribution >= 0.6 is 0 Å². The number of allylic oxidation sites excluding steroid dienone is 1. The van der Waals surface area contributed by atoms with Gasteiger partial charge in [0.05, 0.1) is 0 Å². The van der Waals surface area contributed by atoms with Crippen LogP contribution in [0.15, 0.2) is 11.1 Å². The lowest BCUT2D eigenvalue weighted by Crippen LogP contribution is -2.38. The summed E-state index contributed by atoms with van der Waals surface area (Å²) in [5, 5.41) is 28.6. The molecule has 3 N–H and O–H groups in total. The zero-order valence-corrected chi connectivity index (χ0v) is 12.0. The van der Waals surface area contributed by atoms with Crippen molar-refractivity contribution in [2.24, 2.45) is 11.3 Å². The third kappa shape index (κ3) is 2.35. The van der Waals surface area contributed by atoms with Crippen LogP contribution in [0.3, 0.4) is 0 Å². The van der Waals surface area contributed by atoms with Gasteiger partial charge in [-0.05, 0) is 56.8 Å². The van der Waals surface area contributed by atoms with Gasteiger partial charge in [0.1, 0.15) is 0 Å². The molecule has 0 radical (unpaired) electrons. The standard InChI is InChI=1S/C15H22O5/c1-9(12(16)17)10-3-5-14(2)7-8-15(20,13(18)19)6-4-11(10)14/h11,20H,3-8H2,1-2H3,(H,16,17)(H,18,19)/b10-9+/t11-,14+,15+/m0/s1. The number of fused-ring (bicyclic) bond motifs is 1. The second kappa shape index (κ2) is 4.88. The molecule has 0 aliphatic heterocycles. The second-order valence-electron chi connectivity index (χ2n) is 6.54. The predicted octanol–water partition coefficient (Wildman–Crippen LogP) is 2.19. The van der Waals surface area contributed by atoms with E-state index in [0.29, 0.717) is 18.4 Å². The molecule has 5 heteroatoms. The van der Waals surface area contributed by atoms with Crippen LogP contribution in [-0.2, 0) is 9.59 Å². The van der Waals surface area contributed by atoms with Gasteiger partial charge in [0.15, 0.2) is 5.60 Å². The van der Waals surface area contributed by atoms with E-state index in [1.807, 2.05) is 0 Å². The smallest absolute Gasteiger partial charge is 0.335 e. The molecule has 0 aromatic carbocycles. The van der Waals surface area contributed by atoms with Gasteiger partial charge in [-0.25, -0.2) is 9.59 Å². The van der Waals surface area contributed by atoms with Crippen molar-refractivity contribution in [3.63, 3.8) is 0 Å². The Labute approximate surface area is 118 Å². The van der Waals surface area contributed by atoms with Crippen molar-refractivity contribution in [2.45, 2.75) is 58.0 Å². The Kier molecular flexibility index (Phi) is 3.67. The summed E-state index contributed by atoms with van der Waals surface area (Å²) in [6.45, 7) is 3.71. The van der Waals surface area contributed by atoms with E-state index >= 15 is 0 Å². The molecule has 2 aliphatic rings. The molecule has 3 atom stereocenters. The van der Waals surface area contributed by atoms with Crippen molar-refractivity contribution < 1.29 is 24.9 Å². The number of aliphatic carboxylic acids is 2. The van der Waals surface area contributed by atoms with E-state index in [1.54, 1.807) is 6.92 Å². The zero-order valence-electron chi connectivity index (χ0n) is 12.0. The van der Waals surface area contributed by atoms with E-state index in [4.69, 9.17) is 0 Å². The highest BCUT2D eigenvalue weighted by atomic mass is 16.4. The van der Waals surface area contributed by atoms with Crippen molar-refractivity contribution in [1.29, 1.82) is 0 Å². The molecule has 112 valence electrons. The van der Waals surface area contributed by atoms with E-state index in [1.165, 1.54) is 0 Å². The van der Waals surface area contributed by atoms with Gasteiger partial charge in [0.2, 0.25) is 0 Å². The van der Waals surface area contributed by atoms with Gasteiger partial charge < -0.3 is 15.3 Å². The lowest BCUT2D eigenvalue weighted by atomic mass is 9.74. The molecule has 0 amide bonds. The second-order valence-corrected chi connectivity index (χ2v) is 6.54. The Bertz CT molecular complexity index is 481. The summed E-state index contributed by atoms with van der Waals surface area (Å²) >= 11 is 0. The zero-order chi connectivity index (χ0) is 15.1. The first-order valence-corrected chi connectivity index (χ1v) is 7.08. The number of rotatable bonds is 2. The minimum Gasteiger partial charge on any atom is -0.479 e. The first-order valence-electron chi connectivity index (χ1n) is 7.08. The summed E-state index contributed by atoms with van der Waals surface area (Å²) < 4.78 is 0. The summed E-state index contributed by atoms with van der Waals surface area (Å²) in [5.74, 6) is -1.99. The maximum absolute atomic E-state index is 11.2. The minimum absolute atomic E-state index is 0.0759. The largest absolute Gasteiger partial charge is 0.479 e. The van der Waals surface area contributed by atoms with Crippen LogP contribution in [0.1, 0.15) is 52.4 Å². The Morgan fingerprint density at radius 3 is 2.35 bits per heavy atom. The molecule has 0 saturated heterocycles. The number of carboxylic acids is 2. The molecular formula is C15H22O5. The van der Waals surface area contributed by atoms with E-state index in [0.717, 1.165) is 18.4 Å². The van der Waals surface area contributed by atoms with Gasteiger partial charge in [-0.1, -0.05) is 12.5 Å². The first kappa shape index (κ1) is 15.0. The fourth-order valence-electron chi connectivity index (χ4n) is 3.81. The lowest BCUT2D eigenvalue weighted by molar-refractivity contribution is -0.160. The highest BCUT2D eigenvalue weighted by Gasteiger charge is 2.49. The summed E-state index contributed by atoms with van der Waals surface area (Å²) in [4.78, 5) is 22.4. The van der Waals surface area contributed by atoms with Crippen molar-refractivity contribution in [2.75, 3.05) is 0 Å². The Hall–Kier alpha value is -1.36. The molecular weight excluding hydrogens is 260 g/mol. The van der Waals surface area contributed by atoms with E-state index in [2.05, 4.69) is 6.92 Å². The van der Waals surface area contributed by atoms with E-state index in [-0.39, 0.29) is 24.2 Å². The molecule has 5 nitrogen and oxygen atoms in total. The topological polar surface area (TPSA) is 94.8 Å². The average Bonchev–Trinajstić information content (AvgIpc) is 2.63. The molecule has 2 rings (SSSR count). The molecule has 2 saturated carbocycles. The first-order chi connectivity index (χ1) is 9.19. The van der Waals surface area contributed by atoms with Crippen molar-refractivity contribution in [3.05, 3.63) is 11.1 Å². The van der Waals surface area contributed by atoms with Gasteiger partial charge in [-0.15, -0.1) is 0 Å². The summed E-state index contributed by atoms with van der Waals surface area (Å²) in [7, 11) is 0. The fraction of sp³-hybridized carbons (Fsp3) is 0.733. The molecule has 0 aromatic rings. The molecule has 2 fully saturated rings. The molecule has 0 spiro atoms.